The van der Waals surface area contributed by atoms with E-state index in [0.29, 0.717) is 16.2 Å². The van der Waals surface area contributed by atoms with E-state index in [1.165, 1.54) is 24.6 Å². The van der Waals surface area contributed by atoms with Gasteiger partial charge in [-0.15, -0.1) is 11.8 Å². The molecular weight excluding hydrogens is 414 g/mol. The van der Waals surface area contributed by atoms with Crippen molar-refractivity contribution in [2.45, 2.75) is 68.2 Å². The van der Waals surface area contributed by atoms with Crippen LogP contribution in [0.2, 0.25) is 0 Å². The summed E-state index contributed by atoms with van der Waals surface area (Å²) >= 11 is 3.01. The number of carbonyl (C=O) groups is 1. The van der Waals surface area contributed by atoms with Gasteiger partial charge in [0.25, 0.3) is 5.56 Å². The zero-order chi connectivity index (χ0) is 21.3. The molecule has 0 aliphatic carbocycles. The Labute approximate surface area is 186 Å². The number of hydrogen-bond donors (Lipinski definition) is 0. The number of aryl methyl sites for hydroxylation is 2. The highest BCUT2D eigenvalue weighted by Crippen LogP contribution is 2.35. The molecule has 0 spiro atoms. The second-order valence-corrected chi connectivity index (χ2v) is 10.8. The van der Waals surface area contributed by atoms with Crippen LogP contribution in [0.4, 0.5) is 0 Å². The van der Waals surface area contributed by atoms with Crippen LogP contribution in [0.25, 0.3) is 5.69 Å². The minimum Gasteiger partial charge on any atom is -0.342 e. The Balaban J connectivity index is 1.68. The number of thioether (sulfide) groups is 2. The first kappa shape index (κ1) is 21.5. The molecule has 4 rings (SSSR count). The summed E-state index contributed by atoms with van der Waals surface area (Å²) in [7, 11) is 0. The number of aromatic nitrogens is 2. The van der Waals surface area contributed by atoms with Crippen molar-refractivity contribution in [1.82, 2.24) is 14.5 Å². The molecule has 5 nitrogen and oxygen atoms in total. The van der Waals surface area contributed by atoms with Crippen molar-refractivity contribution in [2.75, 3.05) is 18.8 Å². The van der Waals surface area contributed by atoms with Gasteiger partial charge in [-0.3, -0.25) is 14.2 Å². The lowest BCUT2D eigenvalue weighted by atomic mass is 10.1. The van der Waals surface area contributed by atoms with Crippen LogP contribution in [0.3, 0.4) is 0 Å². The van der Waals surface area contributed by atoms with Gasteiger partial charge in [-0.25, -0.2) is 4.98 Å². The van der Waals surface area contributed by atoms with Gasteiger partial charge in [0.05, 0.1) is 22.0 Å². The lowest BCUT2D eigenvalue weighted by Crippen LogP contribution is -2.33. The predicted octanol–water partition coefficient (Wildman–Crippen LogP) is 4.38. The highest BCUT2D eigenvalue weighted by atomic mass is 32.2. The summed E-state index contributed by atoms with van der Waals surface area (Å²) in [6.07, 6.45) is 5.36. The van der Waals surface area contributed by atoms with Crippen molar-refractivity contribution in [3.63, 3.8) is 0 Å². The van der Waals surface area contributed by atoms with Gasteiger partial charge >= 0.3 is 0 Å². The minimum absolute atomic E-state index is 0.0101. The zero-order valence-electron chi connectivity index (χ0n) is 17.9. The van der Waals surface area contributed by atoms with Crippen LogP contribution >= 0.6 is 23.5 Å². The van der Waals surface area contributed by atoms with E-state index < -0.39 is 0 Å². The van der Waals surface area contributed by atoms with E-state index in [2.05, 4.69) is 13.0 Å². The van der Waals surface area contributed by atoms with Crippen LogP contribution in [0.1, 0.15) is 49.4 Å². The molecule has 1 aromatic carbocycles. The van der Waals surface area contributed by atoms with E-state index in [1.54, 1.807) is 16.3 Å². The number of nitrogens with zero attached hydrogens (tertiary/aromatic N) is 3. The Morgan fingerprint density at radius 2 is 1.80 bits per heavy atom. The summed E-state index contributed by atoms with van der Waals surface area (Å²) in [5.41, 5.74) is 3.91. The molecule has 30 heavy (non-hydrogen) atoms. The number of likely N-dealkylation sites (tertiary alicyclic amines) is 1. The third-order valence-corrected chi connectivity index (χ3v) is 7.77. The monoisotopic (exact) mass is 443 g/mol. The van der Waals surface area contributed by atoms with E-state index in [9.17, 15) is 9.59 Å². The molecule has 2 aliphatic rings. The molecule has 2 aliphatic heterocycles. The summed E-state index contributed by atoms with van der Waals surface area (Å²) in [5.74, 6) is 0.463. The number of rotatable bonds is 4. The van der Waals surface area contributed by atoms with Gasteiger partial charge in [-0.05, 0) is 49.9 Å². The molecule has 0 bridgehead atoms. The quantitative estimate of drug-likeness (QED) is 0.518. The number of benzene rings is 1. The first-order valence-corrected chi connectivity index (χ1v) is 12.6. The summed E-state index contributed by atoms with van der Waals surface area (Å²) in [5, 5.41) is 0.980. The lowest BCUT2D eigenvalue weighted by Gasteiger charge is -2.20. The molecule has 1 unspecified atom stereocenters. The first-order chi connectivity index (χ1) is 14.4. The fourth-order valence-electron chi connectivity index (χ4n) is 4.24. The Morgan fingerprint density at radius 1 is 1.13 bits per heavy atom. The van der Waals surface area contributed by atoms with Crippen LogP contribution in [-0.4, -0.2) is 44.5 Å². The van der Waals surface area contributed by atoms with Crippen molar-refractivity contribution in [1.29, 1.82) is 0 Å². The van der Waals surface area contributed by atoms with E-state index in [-0.39, 0.29) is 11.5 Å². The number of fused-ring (bicyclic) bond motifs is 1. The molecule has 3 heterocycles. The topological polar surface area (TPSA) is 55.2 Å². The first-order valence-electron chi connectivity index (χ1n) is 10.7. The van der Waals surface area contributed by atoms with Crippen LogP contribution in [0.5, 0.6) is 0 Å². The van der Waals surface area contributed by atoms with Gasteiger partial charge in [-0.2, -0.15) is 0 Å². The average molecular weight is 444 g/mol. The van der Waals surface area contributed by atoms with E-state index in [1.807, 2.05) is 30.9 Å². The van der Waals surface area contributed by atoms with Crippen molar-refractivity contribution < 1.29 is 4.79 Å². The standard InChI is InChI=1S/C23H29N3O2S2/c1-15-10-16(2)12-18(11-15)26-22(28)21-19(13-17(3)30-21)24-23(26)29-14-20(27)25-8-6-4-5-7-9-25/h10-12,17H,4-9,13-14H2,1-3H3. The maximum Gasteiger partial charge on any atom is 0.272 e. The Morgan fingerprint density at radius 3 is 2.47 bits per heavy atom. The normalized spacial score (nSPS) is 18.9. The van der Waals surface area contributed by atoms with Gasteiger partial charge in [0.2, 0.25) is 5.91 Å². The molecule has 160 valence electrons. The third kappa shape index (κ3) is 4.62. The SMILES string of the molecule is Cc1cc(C)cc(-n2c(SCC(=O)N3CCCCCC3)nc3c(c2=O)SC(C)C3)c1. The third-order valence-electron chi connectivity index (χ3n) is 5.63. The second-order valence-electron chi connectivity index (χ2n) is 8.37. The van der Waals surface area contributed by atoms with E-state index in [0.717, 1.165) is 59.8 Å². The smallest absolute Gasteiger partial charge is 0.272 e. The van der Waals surface area contributed by atoms with Crippen molar-refractivity contribution in [2.24, 2.45) is 0 Å². The highest BCUT2D eigenvalue weighted by Gasteiger charge is 2.27. The summed E-state index contributed by atoms with van der Waals surface area (Å²) in [6.45, 7) is 7.89. The molecule has 1 saturated heterocycles. The maximum atomic E-state index is 13.4. The van der Waals surface area contributed by atoms with Crippen LogP contribution in [0, 0.1) is 13.8 Å². The summed E-state index contributed by atoms with van der Waals surface area (Å²) in [6, 6.07) is 6.14. The molecule has 0 N–H and O–H groups in total. The molecule has 2 aromatic rings. The fourth-order valence-corrected chi connectivity index (χ4v) is 6.27. The average Bonchev–Trinajstić information content (AvgIpc) is 2.89. The Hall–Kier alpha value is -1.73. The molecule has 0 radical (unpaired) electrons. The van der Waals surface area contributed by atoms with Crippen molar-refractivity contribution >= 4 is 29.4 Å². The minimum atomic E-state index is -0.0101. The van der Waals surface area contributed by atoms with Gasteiger partial charge in [-0.1, -0.05) is 37.6 Å². The largest absolute Gasteiger partial charge is 0.342 e. The molecular formula is C23H29N3O2S2. The summed E-state index contributed by atoms with van der Waals surface area (Å²) in [4.78, 5) is 33.9. The zero-order valence-corrected chi connectivity index (χ0v) is 19.6. The Bertz CT molecular complexity index is 990. The number of carbonyl (C=O) groups excluding carboxylic acids is 1. The van der Waals surface area contributed by atoms with Crippen LogP contribution in [-0.2, 0) is 11.2 Å². The summed E-state index contributed by atoms with van der Waals surface area (Å²) < 4.78 is 1.71. The highest BCUT2D eigenvalue weighted by molar-refractivity contribution is 8.00. The second kappa shape index (κ2) is 9.18. The molecule has 1 fully saturated rings. The van der Waals surface area contributed by atoms with Gasteiger partial charge < -0.3 is 4.90 Å². The van der Waals surface area contributed by atoms with Crippen LogP contribution < -0.4 is 5.56 Å². The molecule has 1 amide bonds. The molecule has 1 aromatic heterocycles. The number of amides is 1. The van der Waals surface area contributed by atoms with Crippen molar-refractivity contribution in [3.8, 4) is 5.69 Å². The molecule has 1 atom stereocenters. The Kier molecular flexibility index (Phi) is 6.58. The van der Waals surface area contributed by atoms with Crippen molar-refractivity contribution in [3.05, 3.63) is 45.4 Å². The molecule has 0 saturated carbocycles. The van der Waals surface area contributed by atoms with Crippen LogP contribution in [0.15, 0.2) is 33.0 Å². The van der Waals surface area contributed by atoms with Gasteiger partial charge in [0.15, 0.2) is 5.16 Å². The lowest BCUT2D eigenvalue weighted by molar-refractivity contribution is -0.128. The maximum absolute atomic E-state index is 13.4. The van der Waals surface area contributed by atoms with Gasteiger partial charge in [0.1, 0.15) is 0 Å². The van der Waals surface area contributed by atoms with E-state index in [4.69, 9.17) is 4.98 Å². The van der Waals surface area contributed by atoms with E-state index >= 15 is 0 Å². The predicted molar refractivity (Wildman–Crippen MR) is 124 cm³/mol. The van der Waals surface area contributed by atoms with Gasteiger partial charge in [0, 0.05) is 24.8 Å². The molecule has 7 heteroatoms. The fraction of sp³-hybridized carbons (Fsp3) is 0.522. The number of hydrogen-bond acceptors (Lipinski definition) is 5.